The van der Waals surface area contributed by atoms with Crippen molar-refractivity contribution < 1.29 is 0 Å². The SMILES string of the molecule is C1=CC(C2C=CC=C2P(c2ccccc2)c2ccccc2)C=C1. The molecule has 0 spiro atoms. The third kappa shape index (κ3) is 2.87. The van der Waals surface area contributed by atoms with Crippen LogP contribution >= 0.6 is 7.92 Å². The third-order valence-electron chi connectivity index (χ3n) is 4.41. The minimum Gasteiger partial charge on any atom is -0.0767 e. The molecule has 0 heterocycles. The molecule has 2 aromatic rings. The zero-order valence-electron chi connectivity index (χ0n) is 12.9. The largest absolute Gasteiger partial charge is 0.0767 e. The number of hydrogen-bond acceptors (Lipinski definition) is 0. The molecule has 0 saturated carbocycles. The molecule has 1 heteroatoms. The van der Waals surface area contributed by atoms with Crippen LogP contribution in [-0.4, -0.2) is 0 Å². The van der Waals surface area contributed by atoms with Crippen molar-refractivity contribution in [1.82, 2.24) is 0 Å². The van der Waals surface area contributed by atoms with Crippen LogP contribution in [0.1, 0.15) is 0 Å². The zero-order chi connectivity index (χ0) is 15.5. The van der Waals surface area contributed by atoms with Gasteiger partial charge in [-0.25, -0.2) is 0 Å². The molecule has 0 aromatic heterocycles. The highest BCUT2D eigenvalue weighted by molar-refractivity contribution is 7.76. The third-order valence-corrected chi connectivity index (χ3v) is 7.00. The van der Waals surface area contributed by atoms with E-state index in [-0.39, 0.29) is 0 Å². The molecule has 0 saturated heterocycles. The van der Waals surface area contributed by atoms with Gasteiger partial charge in [0.1, 0.15) is 0 Å². The van der Waals surface area contributed by atoms with Gasteiger partial charge < -0.3 is 0 Å². The highest BCUT2D eigenvalue weighted by atomic mass is 31.1. The Labute approximate surface area is 139 Å². The Morgan fingerprint density at radius 3 is 1.74 bits per heavy atom. The molecule has 0 aliphatic heterocycles. The van der Waals surface area contributed by atoms with Crippen LogP contribution in [0.25, 0.3) is 0 Å². The Morgan fingerprint density at radius 2 is 1.17 bits per heavy atom. The van der Waals surface area contributed by atoms with E-state index in [4.69, 9.17) is 0 Å². The summed E-state index contributed by atoms with van der Waals surface area (Å²) in [5.74, 6) is 0.981. The molecule has 112 valence electrons. The van der Waals surface area contributed by atoms with E-state index in [0.29, 0.717) is 11.8 Å². The lowest BCUT2D eigenvalue weighted by Gasteiger charge is -2.27. The molecule has 4 rings (SSSR count). The van der Waals surface area contributed by atoms with E-state index in [1.54, 1.807) is 5.31 Å². The van der Waals surface area contributed by atoms with Gasteiger partial charge in [0.25, 0.3) is 0 Å². The molecule has 0 N–H and O–H groups in total. The second-order valence-corrected chi connectivity index (χ2v) is 8.08. The zero-order valence-corrected chi connectivity index (χ0v) is 13.8. The van der Waals surface area contributed by atoms with Crippen molar-refractivity contribution in [2.24, 2.45) is 11.8 Å². The van der Waals surface area contributed by atoms with E-state index in [2.05, 4.69) is 103 Å². The summed E-state index contributed by atoms with van der Waals surface area (Å²) in [7, 11) is -0.477. The molecule has 2 aliphatic rings. The summed E-state index contributed by atoms with van der Waals surface area (Å²) >= 11 is 0. The second kappa shape index (κ2) is 6.52. The van der Waals surface area contributed by atoms with Crippen molar-refractivity contribution in [1.29, 1.82) is 0 Å². The molecular formula is C22H19P. The summed E-state index contributed by atoms with van der Waals surface area (Å²) in [5.41, 5.74) is 0. The topological polar surface area (TPSA) is 0 Å². The Bertz CT molecular complexity index is 730. The van der Waals surface area contributed by atoms with E-state index >= 15 is 0 Å². The van der Waals surface area contributed by atoms with Gasteiger partial charge in [-0.2, -0.15) is 0 Å². The van der Waals surface area contributed by atoms with Crippen LogP contribution in [0.15, 0.2) is 109 Å². The first-order valence-corrected chi connectivity index (χ1v) is 9.41. The molecule has 0 bridgehead atoms. The molecule has 0 fully saturated rings. The summed E-state index contributed by atoms with van der Waals surface area (Å²) in [6.07, 6.45) is 15.9. The van der Waals surface area contributed by atoms with Crippen molar-refractivity contribution in [3.05, 3.63) is 109 Å². The molecule has 23 heavy (non-hydrogen) atoms. The number of rotatable bonds is 4. The first-order chi connectivity index (χ1) is 11.4. The number of benzene rings is 2. The van der Waals surface area contributed by atoms with Crippen LogP contribution in [0.3, 0.4) is 0 Å². The van der Waals surface area contributed by atoms with Gasteiger partial charge in [0.2, 0.25) is 0 Å². The van der Waals surface area contributed by atoms with E-state index in [0.717, 1.165) is 0 Å². The average Bonchev–Trinajstić information content (AvgIpc) is 3.28. The summed E-state index contributed by atoms with van der Waals surface area (Å²) in [5, 5.41) is 4.41. The van der Waals surface area contributed by atoms with Gasteiger partial charge >= 0.3 is 0 Å². The summed E-state index contributed by atoms with van der Waals surface area (Å²) < 4.78 is 0. The van der Waals surface area contributed by atoms with Crippen molar-refractivity contribution in [3.8, 4) is 0 Å². The van der Waals surface area contributed by atoms with Crippen LogP contribution < -0.4 is 10.6 Å². The highest BCUT2D eigenvalue weighted by Crippen LogP contribution is 2.51. The predicted molar refractivity (Wildman–Crippen MR) is 102 cm³/mol. The van der Waals surface area contributed by atoms with E-state index < -0.39 is 7.92 Å². The predicted octanol–water partition coefficient (Wildman–Crippen LogP) is 4.93. The quantitative estimate of drug-likeness (QED) is 0.702. The number of allylic oxidation sites excluding steroid dienone is 8. The minimum atomic E-state index is -0.477. The van der Waals surface area contributed by atoms with Gasteiger partial charge in [-0.1, -0.05) is 103 Å². The lowest BCUT2D eigenvalue weighted by molar-refractivity contribution is 0.681. The second-order valence-electron chi connectivity index (χ2n) is 5.86. The lowest BCUT2D eigenvalue weighted by Crippen LogP contribution is -2.18. The maximum absolute atomic E-state index is 2.36. The van der Waals surface area contributed by atoms with Crippen LogP contribution in [0.4, 0.5) is 0 Å². The fourth-order valence-electron chi connectivity index (χ4n) is 3.32. The monoisotopic (exact) mass is 314 g/mol. The van der Waals surface area contributed by atoms with Crippen LogP contribution in [0, 0.1) is 11.8 Å². The van der Waals surface area contributed by atoms with Crippen LogP contribution in [0.2, 0.25) is 0 Å². The van der Waals surface area contributed by atoms with Crippen molar-refractivity contribution in [2.75, 3.05) is 0 Å². The van der Waals surface area contributed by atoms with E-state index in [1.807, 2.05) is 0 Å². The minimum absolute atomic E-state index is 0.477. The summed E-state index contributed by atoms with van der Waals surface area (Å²) in [4.78, 5) is 0. The molecule has 0 amide bonds. The smallest absolute Gasteiger partial charge is 0.0130 e. The van der Waals surface area contributed by atoms with Crippen LogP contribution in [0.5, 0.6) is 0 Å². The summed E-state index contributed by atoms with van der Waals surface area (Å²) in [6, 6.07) is 21.9. The van der Waals surface area contributed by atoms with Crippen LogP contribution in [-0.2, 0) is 0 Å². The molecule has 0 radical (unpaired) electrons. The first kappa shape index (κ1) is 14.4. The lowest BCUT2D eigenvalue weighted by atomic mass is 9.95. The van der Waals surface area contributed by atoms with Gasteiger partial charge in [0, 0.05) is 11.8 Å². The van der Waals surface area contributed by atoms with E-state index in [9.17, 15) is 0 Å². The normalized spacial score (nSPS) is 19.7. The number of hydrogen-bond donors (Lipinski definition) is 0. The van der Waals surface area contributed by atoms with E-state index in [1.165, 1.54) is 10.6 Å². The fourth-order valence-corrected chi connectivity index (χ4v) is 5.95. The average molecular weight is 314 g/mol. The van der Waals surface area contributed by atoms with Gasteiger partial charge in [0.15, 0.2) is 0 Å². The molecule has 1 unspecified atom stereocenters. The standard InChI is InChI=1S/C22H19P/c1-3-12-19(13-4-1)23(20-14-5-2-6-15-20)22-17-9-16-21(22)18-10-7-8-11-18/h1-18,21H. The Balaban J connectivity index is 1.77. The molecular weight excluding hydrogens is 295 g/mol. The maximum atomic E-state index is 2.36. The van der Waals surface area contributed by atoms with Gasteiger partial charge in [0.05, 0.1) is 0 Å². The fraction of sp³-hybridized carbons (Fsp3) is 0.0909. The van der Waals surface area contributed by atoms with Crippen molar-refractivity contribution in [3.63, 3.8) is 0 Å². The first-order valence-electron chi connectivity index (χ1n) is 8.07. The summed E-state index contributed by atoms with van der Waals surface area (Å²) in [6.45, 7) is 0. The Morgan fingerprint density at radius 1 is 0.609 bits per heavy atom. The van der Waals surface area contributed by atoms with Crippen molar-refractivity contribution >= 4 is 18.5 Å². The Kier molecular flexibility index (Phi) is 4.09. The molecule has 2 aromatic carbocycles. The van der Waals surface area contributed by atoms with Gasteiger partial charge in [-0.15, -0.1) is 0 Å². The molecule has 0 nitrogen and oxygen atoms in total. The maximum Gasteiger partial charge on any atom is 0.0130 e. The molecule has 2 aliphatic carbocycles. The van der Waals surface area contributed by atoms with Gasteiger partial charge in [-0.05, 0) is 23.8 Å². The van der Waals surface area contributed by atoms with Crippen molar-refractivity contribution in [2.45, 2.75) is 0 Å². The Hall–Kier alpha value is -2.17. The van der Waals surface area contributed by atoms with Gasteiger partial charge in [-0.3, -0.25) is 0 Å². The molecule has 1 atom stereocenters. The highest BCUT2D eigenvalue weighted by Gasteiger charge is 2.29.